The Balaban J connectivity index is 1.67. The number of carbonyl (C=O) groups excluding carboxylic acids is 3. The van der Waals surface area contributed by atoms with Gasteiger partial charge in [-0.05, 0) is 43.0 Å². The lowest BCUT2D eigenvalue weighted by molar-refractivity contribution is -0.137. The van der Waals surface area contributed by atoms with E-state index in [9.17, 15) is 14.4 Å². The Morgan fingerprint density at radius 3 is 2.36 bits per heavy atom. The van der Waals surface area contributed by atoms with Crippen LogP contribution in [-0.4, -0.2) is 61.5 Å². The van der Waals surface area contributed by atoms with Crippen LogP contribution in [0.1, 0.15) is 43.5 Å². The minimum atomic E-state index is -0.551. The Bertz CT molecular complexity index is 711. The predicted octanol–water partition coefficient (Wildman–Crippen LogP) is 1.82. The van der Waals surface area contributed by atoms with Gasteiger partial charge in [0.05, 0.1) is 13.2 Å². The minimum absolute atomic E-state index is 0.0513. The lowest BCUT2D eigenvalue weighted by Crippen LogP contribution is -2.52. The summed E-state index contributed by atoms with van der Waals surface area (Å²) in [6, 6.07) is 6.45. The molecule has 0 bridgehead atoms. The molecule has 0 unspecified atom stereocenters. The number of nitrogens with one attached hydrogen (secondary N) is 1. The molecule has 2 saturated heterocycles. The van der Waals surface area contributed by atoms with Crippen LogP contribution < -0.4 is 10.2 Å². The van der Waals surface area contributed by atoms with E-state index in [1.165, 1.54) is 0 Å². The highest BCUT2D eigenvalue weighted by Gasteiger charge is 2.28. The standard InChI is InChI=1S/C21H29N3O4/c1-15(2)14-18(21(27)23-10-12-28-13-11-23)22-20(26)16-5-7-17(8-6-16)24-9-3-4-19(24)25/h5-8,15,18H,3-4,9-14H2,1-2H3,(H,22,26)/t18-/m0/s1. The van der Waals surface area contributed by atoms with Crippen molar-refractivity contribution < 1.29 is 19.1 Å². The molecule has 2 heterocycles. The number of carbonyl (C=O) groups is 3. The summed E-state index contributed by atoms with van der Waals surface area (Å²) in [7, 11) is 0. The van der Waals surface area contributed by atoms with E-state index in [1.54, 1.807) is 34.1 Å². The largest absolute Gasteiger partial charge is 0.378 e. The number of benzene rings is 1. The molecule has 2 aliphatic rings. The van der Waals surface area contributed by atoms with Crippen molar-refractivity contribution in [3.05, 3.63) is 29.8 Å². The molecule has 0 radical (unpaired) electrons. The van der Waals surface area contributed by atoms with Gasteiger partial charge in [-0.1, -0.05) is 13.8 Å². The lowest BCUT2D eigenvalue weighted by Gasteiger charge is -2.31. The van der Waals surface area contributed by atoms with Crippen LogP contribution in [0.2, 0.25) is 0 Å². The Labute approximate surface area is 166 Å². The predicted molar refractivity (Wildman–Crippen MR) is 106 cm³/mol. The molecule has 1 atom stereocenters. The summed E-state index contributed by atoms with van der Waals surface area (Å²) in [4.78, 5) is 41.0. The van der Waals surface area contributed by atoms with E-state index in [1.807, 2.05) is 13.8 Å². The first-order chi connectivity index (χ1) is 13.5. The Hall–Kier alpha value is -2.41. The van der Waals surface area contributed by atoms with Gasteiger partial charge >= 0.3 is 0 Å². The van der Waals surface area contributed by atoms with Crippen LogP contribution in [0.15, 0.2) is 24.3 Å². The average molecular weight is 387 g/mol. The molecule has 0 aliphatic carbocycles. The van der Waals surface area contributed by atoms with E-state index in [0.29, 0.717) is 44.7 Å². The van der Waals surface area contributed by atoms with Gasteiger partial charge in [0.1, 0.15) is 6.04 Å². The van der Waals surface area contributed by atoms with Crippen LogP contribution in [0.25, 0.3) is 0 Å². The number of hydrogen-bond acceptors (Lipinski definition) is 4. The Morgan fingerprint density at radius 1 is 1.11 bits per heavy atom. The molecule has 7 nitrogen and oxygen atoms in total. The van der Waals surface area contributed by atoms with Crippen LogP contribution in [0.5, 0.6) is 0 Å². The van der Waals surface area contributed by atoms with Crippen LogP contribution in [0.3, 0.4) is 0 Å². The van der Waals surface area contributed by atoms with Gasteiger partial charge in [0.2, 0.25) is 11.8 Å². The van der Waals surface area contributed by atoms with Gasteiger partial charge in [-0.15, -0.1) is 0 Å². The number of rotatable bonds is 6. The molecule has 0 aromatic heterocycles. The highest BCUT2D eigenvalue weighted by molar-refractivity contribution is 5.99. The minimum Gasteiger partial charge on any atom is -0.378 e. The van der Waals surface area contributed by atoms with E-state index in [4.69, 9.17) is 4.74 Å². The van der Waals surface area contributed by atoms with Crippen LogP contribution >= 0.6 is 0 Å². The van der Waals surface area contributed by atoms with Crippen molar-refractivity contribution in [2.24, 2.45) is 5.92 Å². The molecule has 3 rings (SSSR count). The van der Waals surface area contributed by atoms with Crippen LogP contribution in [0.4, 0.5) is 5.69 Å². The number of morpholine rings is 1. The summed E-state index contributed by atoms with van der Waals surface area (Å²) in [5.41, 5.74) is 1.29. The third-order valence-corrected chi connectivity index (χ3v) is 5.15. The second-order valence-electron chi connectivity index (χ2n) is 7.79. The molecule has 0 spiro atoms. The molecule has 1 N–H and O–H groups in total. The topological polar surface area (TPSA) is 79.0 Å². The van der Waals surface area contributed by atoms with Crippen molar-refractivity contribution in [3.8, 4) is 0 Å². The van der Waals surface area contributed by atoms with E-state index < -0.39 is 6.04 Å². The maximum absolute atomic E-state index is 12.9. The van der Waals surface area contributed by atoms with Gasteiger partial charge in [0.25, 0.3) is 5.91 Å². The zero-order valence-electron chi connectivity index (χ0n) is 16.6. The third-order valence-electron chi connectivity index (χ3n) is 5.15. The van der Waals surface area contributed by atoms with E-state index in [-0.39, 0.29) is 23.6 Å². The highest BCUT2D eigenvalue weighted by atomic mass is 16.5. The van der Waals surface area contributed by atoms with Gasteiger partial charge in [-0.25, -0.2) is 0 Å². The van der Waals surface area contributed by atoms with Crippen LogP contribution in [-0.2, 0) is 14.3 Å². The maximum atomic E-state index is 12.9. The summed E-state index contributed by atoms with van der Waals surface area (Å²) < 4.78 is 5.31. The molecule has 2 aliphatic heterocycles. The fourth-order valence-electron chi connectivity index (χ4n) is 3.65. The summed E-state index contributed by atoms with van der Waals surface area (Å²) in [5, 5.41) is 2.91. The summed E-state index contributed by atoms with van der Waals surface area (Å²) >= 11 is 0. The van der Waals surface area contributed by atoms with Crippen LogP contribution in [0, 0.1) is 5.92 Å². The molecule has 1 aromatic carbocycles. The zero-order valence-corrected chi connectivity index (χ0v) is 16.6. The van der Waals surface area contributed by atoms with Crippen molar-refractivity contribution in [1.29, 1.82) is 0 Å². The number of hydrogen-bond donors (Lipinski definition) is 1. The summed E-state index contributed by atoms with van der Waals surface area (Å²) in [6.07, 6.45) is 2.02. The number of ether oxygens (including phenoxy) is 1. The fourth-order valence-corrected chi connectivity index (χ4v) is 3.65. The van der Waals surface area contributed by atoms with Crippen molar-refractivity contribution in [1.82, 2.24) is 10.2 Å². The van der Waals surface area contributed by atoms with Crippen molar-refractivity contribution >= 4 is 23.4 Å². The van der Waals surface area contributed by atoms with E-state index >= 15 is 0 Å². The quantitative estimate of drug-likeness (QED) is 0.808. The summed E-state index contributed by atoms with van der Waals surface area (Å²) in [6.45, 7) is 6.97. The maximum Gasteiger partial charge on any atom is 0.251 e. The van der Waals surface area contributed by atoms with Gasteiger partial charge in [-0.2, -0.15) is 0 Å². The lowest BCUT2D eigenvalue weighted by atomic mass is 10.0. The van der Waals surface area contributed by atoms with Gasteiger partial charge < -0.3 is 19.9 Å². The smallest absolute Gasteiger partial charge is 0.251 e. The molecule has 2 fully saturated rings. The second-order valence-corrected chi connectivity index (χ2v) is 7.79. The Kier molecular flexibility index (Phi) is 6.67. The number of amides is 3. The molecule has 0 saturated carbocycles. The third kappa shape index (κ3) is 4.90. The molecule has 3 amide bonds. The van der Waals surface area contributed by atoms with Crippen molar-refractivity contribution in [3.63, 3.8) is 0 Å². The second kappa shape index (κ2) is 9.19. The van der Waals surface area contributed by atoms with Gasteiger partial charge in [0.15, 0.2) is 0 Å². The molecule has 1 aromatic rings. The molecular weight excluding hydrogens is 358 g/mol. The van der Waals surface area contributed by atoms with Crippen molar-refractivity contribution in [2.45, 2.75) is 39.2 Å². The van der Waals surface area contributed by atoms with Crippen molar-refractivity contribution in [2.75, 3.05) is 37.7 Å². The molecule has 7 heteroatoms. The Morgan fingerprint density at radius 2 is 1.79 bits per heavy atom. The normalized spacial score (nSPS) is 18.5. The zero-order chi connectivity index (χ0) is 20.1. The highest BCUT2D eigenvalue weighted by Crippen LogP contribution is 2.21. The first-order valence-corrected chi connectivity index (χ1v) is 10.0. The average Bonchev–Trinajstić information content (AvgIpc) is 3.13. The molecule has 28 heavy (non-hydrogen) atoms. The SMILES string of the molecule is CC(C)C[C@H](NC(=O)c1ccc(N2CCCC2=O)cc1)C(=O)N1CCOCC1. The first-order valence-electron chi connectivity index (χ1n) is 10.0. The van der Waals surface area contributed by atoms with E-state index in [2.05, 4.69) is 5.32 Å². The monoisotopic (exact) mass is 387 g/mol. The van der Waals surface area contributed by atoms with Gasteiger partial charge in [-0.3, -0.25) is 14.4 Å². The van der Waals surface area contributed by atoms with E-state index in [0.717, 1.165) is 18.7 Å². The number of anilines is 1. The number of nitrogens with zero attached hydrogens (tertiary/aromatic N) is 2. The first kappa shape index (κ1) is 20.3. The summed E-state index contributed by atoms with van der Waals surface area (Å²) in [5.74, 6) is 0.0698. The van der Waals surface area contributed by atoms with Gasteiger partial charge in [0, 0.05) is 37.3 Å². The molecule has 152 valence electrons. The fraction of sp³-hybridized carbons (Fsp3) is 0.571. The molecular formula is C21H29N3O4.